The van der Waals surface area contributed by atoms with E-state index in [2.05, 4.69) is 4.72 Å². The number of nitrogens with zero attached hydrogens (tertiary/aromatic N) is 1. The second-order valence-corrected chi connectivity index (χ2v) is 6.39. The van der Waals surface area contributed by atoms with Gasteiger partial charge in [0.2, 0.25) is 10.0 Å². The van der Waals surface area contributed by atoms with Crippen LogP contribution in [0.4, 0.5) is 5.69 Å². The Kier molecular flexibility index (Phi) is 3.57. The van der Waals surface area contributed by atoms with Crippen molar-refractivity contribution >= 4 is 15.7 Å². The van der Waals surface area contributed by atoms with Crippen LogP contribution in [-0.2, 0) is 10.0 Å². The molecular weight excluding hydrogens is 270 g/mol. The molecule has 1 aromatic carbocycles. The number of nitrogens with one attached hydrogen (secondary N) is 1. The molecule has 0 bridgehead atoms. The number of sulfonamides is 1. The zero-order valence-corrected chi connectivity index (χ0v) is 11.2. The lowest BCUT2D eigenvalue weighted by molar-refractivity contribution is -0.385. The van der Waals surface area contributed by atoms with Crippen LogP contribution < -0.4 is 10.5 Å². The van der Waals surface area contributed by atoms with Gasteiger partial charge in [0, 0.05) is 23.7 Å². The summed E-state index contributed by atoms with van der Waals surface area (Å²) in [4.78, 5) is 10.2. The summed E-state index contributed by atoms with van der Waals surface area (Å²) in [5, 5.41) is 10.8. The quantitative estimate of drug-likeness (QED) is 0.623. The highest BCUT2D eigenvalue weighted by Gasteiger charge is 2.31. The topological polar surface area (TPSA) is 115 Å². The molecule has 1 aromatic rings. The molecule has 1 aliphatic carbocycles. The van der Waals surface area contributed by atoms with Gasteiger partial charge in [0.05, 0.1) is 9.82 Å². The molecule has 104 valence electrons. The highest BCUT2D eigenvalue weighted by atomic mass is 32.2. The maximum absolute atomic E-state index is 12.2. The van der Waals surface area contributed by atoms with Crippen LogP contribution in [0.25, 0.3) is 0 Å². The summed E-state index contributed by atoms with van der Waals surface area (Å²) < 4.78 is 26.8. The Hall–Kier alpha value is -1.51. The lowest BCUT2D eigenvalue weighted by Crippen LogP contribution is -2.50. The highest BCUT2D eigenvalue weighted by Crippen LogP contribution is 2.26. The van der Waals surface area contributed by atoms with Crippen molar-refractivity contribution in [2.45, 2.75) is 36.7 Å². The van der Waals surface area contributed by atoms with E-state index in [1.807, 2.05) is 0 Å². The van der Waals surface area contributed by atoms with Crippen LogP contribution in [0.15, 0.2) is 23.1 Å². The Morgan fingerprint density at radius 1 is 1.42 bits per heavy atom. The molecule has 19 heavy (non-hydrogen) atoms. The second-order valence-electron chi connectivity index (χ2n) is 4.71. The lowest BCUT2D eigenvalue weighted by Gasteiger charge is -2.32. The van der Waals surface area contributed by atoms with Crippen LogP contribution in [-0.4, -0.2) is 25.4 Å². The largest absolute Gasteiger partial charge is 0.328 e. The molecule has 1 fully saturated rings. The van der Waals surface area contributed by atoms with Crippen LogP contribution in [0.5, 0.6) is 0 Å². The molecule has 8 heteroatoms. The predicted molar refractivity (Wildman–Crippen MR) is 69.2 cm³/mol. The van der Waals surface area contributed by atoms with Gasteiger partial charge in [-0.1, -0.05) is 6.07 Å². The molecular formula is C11H15N3O4S. The molecule has 0 spiro atoms. The molecule has 0 aliphatic heterocycles. The molecule has 1 aliphatic rings. The molecule has 1 saturated carbocycles. The van der Waals surface area contributed by atoms with E-state index >= 15 is 0 Å². The van der Waals surface area contributed by atoms with Crippen molar-refractivity contribution < 1.29 is 13.3 Å². The zero-order chi connectivity index (χ0) is 14.2. The third-order valence-electron chi connectivity index (χ3n) is 3.24. The number of benzene rings is 1. The Labute approximate surface area is 111 Å². The second kappa shape index (κ2) is 4.87. The first-order valence-electron chi connectivity index (χ1n) is 5.83. The van der Waals surface area contributed by atoms with Gasteiger partial charge in [-0.05, 0) is 25.8 Å². The van der Waals surface area contributed by atoms with Crippen molar-refractivity contribution in [3.05, 3.63) is 33.9 Å². The van der Waals surface area contributed by atoms with Gasteiger partial charge in [-0.3, -0.25) is 10.1 Å². The van der Waals surface area contributed by atoms with E-state index < -0.39 is 14.9 Å². The minimum absolute atomic E-state index is 0.0268. The Morgan fingerprint density at radius 3 is 2.58 bits per heavy atom. The molecule has 3 N–H and O–H groups in total. The van der Waals surface area contributed by atoms with Crippen LogP contribution >= 0.6 is 0 Å². The van der Waals surface area contributed by atoms with Crippen molar-refractivity contribution in [2.75, 3.05) is 0 Å². The van der Waals surface area contributed by atoms with Crippen LogP contribution in [0.1, 0.15) is 18.4 Å². The minimum Gasteiger partial charge on any atom is -0.328 e. The van der Waals surface area contributed by atoms with Crippen molar-refractivity contribution in [3.63, 3.8) is 0 Å². The van der Waals surface area contributed by atoms with Crippen LogP contribution in [0, 0.1) is 17.0 Å². The van der Waals surface area contributed by atoms with E-state index in [0.717, 1.165) is 0 Å². The number of nitrogens with two attached hydrogens (primary N) is 1. The Morgan fingerprint density at radius 2 is 2.05 bits per heavy atom. The fourth-order valence-electron chi connectivity index (χ4n) is 2.13. The first kappa shape index (κ1) is 13.9. The molecule has 0 atom stereocenters. The molecule has 0 heterocycles. The van der Waals surface area contributed by atoms with Gasteiger partial charge in [-0.15, -0.1) is 0 Å². The predicted octanol–water partition coefficient (Wildman–Crippen LogP) is 0.671. The monoisotopic (exact) mass is 285 g/mol. The van der Waals surface area contributed by atoms with E-state index in [1.54, 1.807) is 0 Å². The zero-order valence-electron chi connectivity index (χ0n) is 10.4. The van der Waals surface area contributed by atoms with Crippen LogP contribution in [0.2, 0.25) is 0 Å². The smallest absolute Gasteiger partial charge is 0.273 e. The Balaban J connectivity index is 2.30. The third-order valence-corrected chi connectivity index (χ3v) is 4.90. The summed E-state index contributed by atoms with van der Waals surface area (Å²) in [5.74, 6) is 0. The normalized spacial score (nSPS) is 22.8. The van der Waals surface area contributed by atoms with Gasteiger partial charge in [-0.25, -0.2) is 13.1 Å². The van der Waals surface area contributed by atoms with Crippen molar-refractivity contribution in [2.24, 2.45) is 5.73 Å². The van der Waals surface area contributed by atoms with Crippen LogP contribution in [0.3, 0.4) is 0 Å². The summed E-state index contributed by atoms with van der Waals surface area (Å²) >= 11 is 0. The van der Waals surface area contributed by atoms with E-state index in [9.17, 15) is 18.5 Å². The molecule has 2 rings (SSSR count). The number of nitro benzene ring substituents is 1. The summed E-state index contributed by atoms with van der Waals surface area (Å²) in [7, 11) is -3.74. The van der Waals surface area contributed by atoms with Gasteiger partial charge >= 0.3 is 0 Å². The van der Waals surface area contributed by atoms with E-state index in [0.29, 0.717) is 12.8 Å². The van der Waals surface area contributed by atoms with Crippen molar-refractivity contribution in [1.29, 1.82) is 0 Å². The van der Waals surface area contributed by atoms with Gasteiger partial charge < -0.3 is 5.73 Å². The molecule has 7 nitrogen and oxygen atoms in total. The molecule has 0 saturated heterocycles. The first-order chi connectivity index (χ1) is 8.81. The van der Waals surface area contributed by atoms with Crippen molar-refractivity contribution in [1.82, 2.24) is 4.72 Å². The standard InChI is InChI=1S/C11H15N3O4S/c1-7-10(14(15)16)3-2-4-11(7)19(17,18)13-9-5-8(12)6-9/h2-4,8-9,13H,5-6,12H2,1H3. The van der Waals surface area contributed by atoms with Gasteiger partial charge in [-0.2, -0.15) is 0 Å². The maximum Gasteiger partial charge on any atom is 0.273 e. The fraction of sp³-hybridized carbons (Fsp3) is 0.455. The molecule has 0 aromatic heterocycles. The lowest BCUT2D eigenvalue weighted by atomic mass is 9.89. The SMILES string of the molecule is Cc1c([N+](=O)[O-])cccc1S(=O)(=O)NC1CC(N)C1. The van der Waals surface area contributed by atoms with Crippen molar-refractivity contribution in [3.8, 4) is 0 Å². The average molecular weight is 285 g/mol. The summed E-state index contributed by atoms with van der Waals surface area (Å²) in [6.07, 6.45) is 1.18. The van der Waals surface area contributed by atoms with E-state index in [1.165, 1.54) is 25.1 Å². The molecule has 0 unspecified atom stereocenters. The maximum atomic E-state index is 12.2. The highest BCUT2D eigenvalue weighted by molar-refractivity contribution is 7.89. The molecule has 0 radical (unpaired) electrons. The summed E-state index contributed by atoms with van der Waals surface area (Å²) in [6.45, 7) is 1.43. The fourth-order valence-corrected chi connectivity index (χ4v) is 3.66. The van der Waals surface area contributed by atoms with Gasteiger partial charge in [0.1, 0.15) is 0 Å². The average Bonchev–Trinajstić information content (AvgIpc) is 2.26. The van der Waals surface area contributed by atoms with E-state index in [4.69, 9.17) is 5.73 Å². The summed E-state index contributed by atoms with van der Waals surface area (Å²) in [6, 6.07) is 3.86. The van der Waals surface area contributed by atoms with Gasteiger partial charge in [0.25, 0.3) is 5.69 Å². The van der Waals surface area contributed by atoms with E-state index in [-0.39, 0.29) is 28.2 Å². The number of hydrogen-bond acceptors (Lipinski definition) is 5. The first-order valence-corrected chi connectivity index (χ1v) is 7.31. The number of nitro groups is 1. The van der Waals surface area contributed by atoms with Gasteiger partial charge in [0.15, 0.2) is 0 Å². The number of rotatable bonds is 4. The third kappa shape index (κ3) is 2.75. The number of hydrogen-bond donors (Lipinski definition) is 2. The summed E-state index contributed by atoms with van der Waals surface area (Å²) in [5.41, 5.74) is 5.54. The molecule has 0 amide bonds. The Bertz CT molecular complexity index is 608. The minimum atomic E-state index is -3.74.